The zero-order chi connectivity index (χ0) is 19.2. The molecule has 1 aliphatic carbocycles. The lowest BCUT2D eigenvalue weighted by molar-refractivity contribution is -0.120. The van der Waals surface area contributed by atoms with Gasteiger partial charge >= 0.3 is 0 Å². The molecule has 1 aromatic rings. The monoisotopic (exact) mass is 357 g/mol. The van der Waals surface area contributed by atoms with Crippen molar-refractivity contribution < 1.29 is 14.4 Å². The maximum atomic E-state index is 12.2. The number of Topliss-reactive ketones (excluding diaryl/α,β-unsaturated/α-hetero) is 1. The lowest BCUT2D eigenvalue weighted by Crippen LogP contribution is -2.31. The van der Waals surface area contributed by atoms with Crippen LogP contribution in [0, 0.1) is 5.41 Å². The zero-order valence-electron chi connectivity index (χ0n) is 15.7. The minimum Gasteiger partial charge on any atom is -0.326 e. The Labute approximate surface area is 154 Å². The average molecular weight is 357 g/mol. The minimum absolute atomic E-state index is 0.0277. The highest BCUT2D eigenvalue weighted by Gasteiger charge is 2.30. The molecular weight excluding hydrogens is 330 g/mol. The molecule has 1 fully saturated rings. The van der Waals surface area contributed by atoms with E-state index in [0.29, 0.717) is 42.6 Å². The number of rotatable bonds is 6. The van der Waals surface area contributed by atoms with Gasteiger partial charge in [-0.05, 0) is 42.5 Å². The summed E-state index contributed by atoms with van der Waals surface area (Å²) in [6, 6.07) is 6.67. The van der Waals surface area contributed by atoms with Crippen LogP contribution in [0.5, 0.6) is 0 Å². The van der Waals surface area contributed by atoms with Crippen molar-refractivity contribution in [2.24, 2.45) is 10.5 Å². The van der Waals surface area contributed by atoms with Crippen LogP contribution >= 0.6 is 0 Å². The highest BCUT2D eigenvalue weighted by molar-refractivity contribution is 6.05. The molecule has 0 radical (unpaired) electrons. The van der Waals surface area contributed by atoms with Crippen molar-refractivity contribution in [2.75, 3.05) is 5.32 Å². The lowest BCUT2D eigenvalue weighted by Gasteiger charge is -2.28. The van der Waals surface area contributed by atoms with Crippen molar-refractivity contribution in [3.63, 3.8) is 0 Å². The molecule has 0 unspecified atom stereocenters. The van der Waals surface area contributed by atoms with Crippen LogP contribution in [0.2, 0.25) is 0 Å². The third kappa shape index (κ3) is 6.10. The van der Waals surface area contributed by atoms with Crippen molar-refractivity contribution in [1.82, 2.24) is 5.43 Å². The van der Waals surface area contributed by atoms with Crippen molar-refractivity contribution in [1.29, 1.82) is 0 Å². The van der Waals surface area contributed by atoms with Gasteiger partial charge in [0.05, 0.1) is 0 Å². The van der Waals surface area contributed by atoms with E-state index in [2.05, 4.69) is 15.8 Å². The van der Waals surface area contributed by atoms with Gasteiger partial charge in [0.1, 0.15) is 5.78 Å². The summed E-state index contributed by atoms with van der Waals surface area (Å²) in [5.41, 5.74) is 4.23. The molecule has 0 aromatic heterocycles. The van der Waals surface area contributed by atoms with Crippen LogP contribution in [0.1, 0.15) is 69.7 Å². The van der Waals surface area contributed by atoms with Gasteiger partial charge in [0, 0.05) is 36.2 Å². The summed E-state index contributed by atoms with van der Waals surface area (Å²) in [4.78, 5) is 35.7. The summed E-state index contributed by atoms with van der Waals surface area (Å²) in [6.07, 6.45) is 3.86. The molecule has 0 heterocycles. The molecule has 140 valence electrons. The van der Waals surface area contributed by atoms with Crippen LogP contribution in [-0.4, -0.2) is 23.3 Å². The van der Waals surface area contributed by atoms with Crippen LogP contribution in [0.3, 0.4) is 0 Å². The molecule has 0 bridgehead atoms. The Morgan fingerprint density at radius 1 is 1.15 bits per heavy atom. The maximum absolute atomic E-state index is 12.2. The first-order valence-electron chi connectivity index (χ1n) is 9.06. The van der Waals surface area contributed by atoms with Gasteiger partial charge in [-0.15, -0.1) is 0 Å². The molecule has 26 heavy (non-hydrogen) atoms. The number of benzene rings is 1. The summed E-state index contributed by atoms with van der Waals surface area (Å²) in [5, 5.41) is 6.94. The topological polar surface area (TPSA) is 87.6 Å². The molecule has 2 rings (SSSR count). The van der Waals surface area contributed by atoms with Crippen molar-refractivity contribution in [2.45, 2.75) is 59.3 Å². The molecule has 6 heteroatoms. The molecule has 2 N–H and O–H groups in total. The van der Waals surface area contributed by atoms with E-state index in [-0.39, 0.29) is 23.0 Å². The molecule has 0 spiro atoms. The fourth-order valence-corrected chi connectivity index (χ4v) is 3.04. The highest BCUT2D eigenvalue weighted by atomic mass is 16.2. The second kappa shape index (κ2) is 8.74. The summed E-state index contributed by atoms with van der Waals surface area (Å²) in [5.74, 6) is -0.213. The first-order chi connectivity index (χ1) is 12.3. The summed E-state index contributed by atoms with van der Waals surface area (Å²) in [7, 11) is 0. The molecule has 1 aliphatic rings. The SMILES string of the molecule is CCCCC(=O)Nc1ccc(C(=O)NN=C2CC(=O)CC(C)(C)C2)cc1. The molecule has 2 amide bonds. The molecular formula is C20H27N3O3. The quantitative estimate of drug-likeness (QED) is 0.761. The van der Waals surface area contributed by atoms with E-state index in [0.717, 1.165) is 12.8 Å². The molecule has 6 nitrogen and oxygen atoms in total. The summed E-state index contributed by atoms with van der Waals surface area (Å²) >= 11 is 0. The van der Waals surface area contributed by atoms with E-state index < -0.39 is 0 Å². The molecule has 0 atom stereocenters. The fourth-order valence-electron chi connectivity index (χ4n) is 3.04. The van der Waals surface area contributed by atoms with E-state index in [4.69, 9.17) is 0 Å². The minimum atomic E-state index is -0.336. The van der Waals surface area contributed by atoms with E-state index >= 15 is 0 Å². The molecule has 1 saturated carbocycles. The Bertz CT molecular complexity index is 706. The predicted molar refractivity (Wildman–Crippen MR) is 102 cm³/mol. The standard InChI is InChI=1S/C20H27N3O3/c1-4-5-6-18(25)21-15-9-7-14(8-10-15)19(26)23-22-16-11-17(24)13-20(2,3)12-16/h7-10H,4-6,11-13H2,1-3H3,(H,21,25)(H,23,26). The Morgan fingerprint density at radius 2 is 1.85 bits per heavy atom. The average Bonchev–Trinajstić information content (AvgIpc) is 2.57. The first kappa shape index (κ1) is 19.8. The van der Waals surface area contributed by atoms with Crippen molar-refractivity contribution in [3.05, 3.63) is 29.8 Å². The number of anilines is 1. The van der Waals surface area contributed by atoms with Crippen LogP contribution in [0.4, 0.5) is 5.69 Å². The van der Waals surface area contributed by atoms with Gasteiger partial charge < -0.3 is 5.32 Å². The van der Waals surface area contributed by atoms with E-state index in [1.54, 1.807) is 24.3 Å². The number of unbranched alkanes of at least 4 members (excludes halogenated alkanes) is 1. The predicted octanol–water partition coefficient (Wildman–Crippen LogP) is 3.68. The summed E-state index contributed by atoms with van der Waals surface area (Å²) < 4.78 is 0. The van der Waals surface area contributed by atoms with Gasteiger partial charge in [-0.2, -0.15) is 5.10 Å². The van der Waals surface area contributed by atoms with Crippen LogP contribution in [0.25, 0.3) is 0 Å². The zero-order valence-corrected chi connectivity index (χ0v) is 15.7. The van der Waals surface area contributed by atoms with Crippen molar-refractivity contribution in [3.8, 4) is 0 Å². The summed E-state index contributed by atoms with van der Waals surface area (Å²) in [6.45, 7) is 6.08. The molecule has 0 saturated heterocycles. The number of amides is 2. The third-order valence-electron chi connectivity index (χ3n) is 4.26. The highest BCUT2D eigenvalue weighted by Crippen LogP contribution is 2.31. The van der Waals surface area contributed by atoms with E-state index in [1.807, 2.05) is 20.8 Å². The first-order valence-corrected chi connectivity index (χ1v) is 9.06. The maximum Gasteiger partial charge on any atom is 0.271 e. The molecule has 0 aliphatic heterocycles. The Balaban J connectivity index is 1.92. The smallest absolute Gasteiger partial charge is 0.271 e. The normalized spacial score (nSPS) is 17.8. The fraction of sp³-hybridized carbons (Fsp3) is 0.500. The lowest BCUT2D eigenvalue weighted by atomic mass is 9.76. The van der Waals surface area contributed by atoms with Crippen molar-refractivity contribution >= 4 is 29.0 Å². The Hall–Kier alpha value is -2.50. The van der Waals surface area contributed by atoms with E-state index in [9.17, 15) is 14.4 Å². The van der Waals surface area contributed by atoms with Crippen LogP contribution in [-0.2, 0) is 9.59 Å². The number of hydrazone groups is 1. The van der Waals surface area contributed by atoms with Gasteiger partial charge in [0.15, 0.2) is 0 Å². The second-order valence-corrected chi connectivity index (χ2v) is 7.58. The number of ketones is 1. The molecule has 1 aromatic carbocycles. The largest absolute Gasteiger partial charge is 0.326 e. The number of hydrogen-bond acceptors (Lipinski definition) is 4. The van der Waals surface area contributed by atoms with Gasteiger partial charge in [0.2, 0.25) is 5.91 Å². The van der Waals surface area contributed by atoms with Gasteiger partial charge in [-0.1, -0.05) is 27.2 Å². The number of nitrogens with zero attached hydrogens (tertiary/aromatic N) is 1. The van der Waals surface area contributed by atoms with Gasteiger partial charge in [0.25, 0.3) is 5.91 Å². The second-order valence-electron chi connectivity index (χ2n) is 7.58. The van der Waals surface area contributed by atoms with Crippen LogP contribution in [0.15, 0.2) is 29.4 Å². The third-order valence-corrected chi connectivity index (χ3v) is 4.26. The number of carbonyl (C=O) groups is 3. The number of nitrogens with one attached hydrogen (secondary N) is 2. The number of hydrogen-bond donors (Lipinski definition) is 2. The van der Waals surface area contributed by atoms with E-state index in [1.165, 1.54) is 0 Å². The Morgan fingerprint density at radius 3 is 2.46 bits per heavy atom. The Kier molecular flexibility index (Phi) is 6.66. The van der Waals surface area contributed by atoms with Crippen LogP contribution < -0.4 is 10.7 Å². The van der Waals surface area contributed by atoms with Gasteiger partial charge in [-0.3, -0.25) is 14.4 Å². The van der Waals surface area contributed by atoms with Gasteiger partial charge in [-0.25, -0.2) is 5.43 Å². The number of carbonyl (C=O) groups excluding carboxylic acids is 3.